The number of esters is 1. The number of carbonyl (C=O) groups is 2. The molecule has 0 spiro atoms. The molecule has 6 N–H and O–H groups in total. The van der Waals surface area contributed by atoms with Crippen molar-refractivity contribution in [1.82, 2.24) is 5.32 Å². The molecule has 11 nitrogen and oxygen atoms in total. The minimum absolute atomic E-state index is 0.0123. The normalized spacial score (nSPS) is 18.3. The fourth-order valence-electron chi connectivity index (χ4n) is 11.4. The summed E-state index contributed by atoms with van der Waals surface area (Å²) in [6.07, 6.45) is 68.6. The molecule has 0 aliphatic carbocycles. The average Bonchev–Trinajstić information content (AvgIpc) is 3.50. The third-order valence-corrected chi connectivity index (χ3v) is 17.0. The highest BCUT2D eigenvalue weighted by Gasteiger charge is 2.44. The van der Waals surface area contributed by atoms with Gasteiger partial charge in [-0.15, -0.1) is 0 Å². The molecule has 1 saturated heterocycles. The zero-order chi connectivity index (χ0) is 60.2. The van der Waals surface area contributed by atoms with Gasteiger partial charge in [-0.05, 0) is 57.8 Å². The van der Waals surface area contributed by atoms with Crippen molar-refractivity contribution >= 4 is 11.9 Å². The van der Waals surface area contributed by atoms with Crippen LogP contribution >= 0.6 is 0 Å². The molecule has 1 rings (SSSR count). The third kappa shape index (κ3) is 50.6. The number of unbranched alkanes of at least 4 members (excludes halogenated alkanes) is 45. The van der Waals surface area contributed by atoms with Gasteiger partial charge in [0.05, 0.1) is 32.0 Å². The van der Waals surface area contributed by atoms with Crippen LogP contribution < -0.4 is 5.32 Å². The lowest BCUT2D eigenvalue weighted by atomic mass is 9.99. The monoisotopic (exact) mass is 1170 g/mol. The molecule has 1 amide bonds. The number of hydrogen-bond donors (Lipinski definition) is 6. The SMILES string of the molecule is CCCCC/C=C/CC/C=C/CC/C=C/C(O)C(COC1OC(CO)C(O)C(O)C1O)NC(=O)CCCCCCCCCCCCCCCCCCCCCCCCCCCCCCCCCOC(=O)CCCCCCCCCCCCC. The van der Waals surface area contributed by atoms with Gasteiger partial charge in [0.15, 0.2) is 6.29 Å². The Kier molecular flexibility index (Phi) is 58.5. The van der Waals surface area contributed by atoms with Crippen LogP contribution in [0.2, 0.25) is 0 Å². The lowest BCUT2D eigenvalue weighted by Gasteiger charge is -2.40. The van der Waals surface area contributed by atoms with E-state index < -0.39 is 49.5 Å². The molecule has 83 heavy (non-hydrogen) atoms. The Morgan fingerprint density at radius 3 is 1.19 bits per heavy atom. The van der Waals surface area contributed by atoms with Crippen LogP contribution in [0, 0.1) is 0 Å². The molecule has 0 aromatic heterocycles. The van der Waals surface area contributed by atoms with Crippen LogP contribution in [0.4, 0.5) is 0 Å². The highest BCUT2D eigenvalue weighted by Crippen LogP contribution is 2.23. The zero-order valence-corrected chi connectivity index (χ0v) is 54.2. The first-order valence-electron chi connectivity index (χ1n) is 35.8. The van der Waals surface area contributed by atoms with Crippen LogP contribution in [0.1, 0.15) is 348 Å². The first-order chi connectivity index (χ1) is 40.7. The first-order valence-corrected chi connectivity index (χ1v) is 35.8. The highest BCUT2D eigenvalue weighted by molar-refractivity contribution is 5.76. The number of allylic oxidation sites excluding steroid dienone is 5. The maximum Gasteiger partial charge on any atom is 0.305 e. The molecule has 0 radical (unpaired) electrons. The summed E-state index contributed by atoms with van der Waals surface area (Å²) in [4.78, 5) is 25.1. The Labute approximate surface area is 511 Å². The van der Waals surface area contributed by atoms with Gasteiger partial charge in [0, 0.05) is 12.8 Å². The van der Waals surface area contributed by atoms with Gasteiger partial charge in [-0.25, -0.2) is 0 Å². The minimum Gasteiger partial charge on any atom is -0.466 e. The molecule has 0 aromatic carbocycles. The van der Waals surface area contributed by atoms with Crippen LogP contribution in [-0.2, 0) is 23.8 Å². The van der Waals surface area contributed by atoms with Crippen molar-refractivity contribution in [3.05, 3.63) is 36.5 Å². The summed E-state index contributed by atoms with van der Waals surface area (Å²) in [5.41, 5.74) is 0. The molecule has 11 heteroatoms. The summed E-state index contributed by atoms with van der Waals surface area (Å²) in [6.45, 7) is 4.32. The summed E-state index contributed by atoms with van der Waals surface area (Å²) in [5.74, 6) is -0.179. The van der Waals surface area contributed by atoms with Crippen LogP contribution in [0.25, 0.3) is 0 Å². The molecule has 1 fully saturated rings. The van der Waals surface area contributed by atoms with Crippen LogP contribution in [0.15, 0.2) is 36.5 Å². The summed E-state index contributed by atoms with van der Waals surface area (Å²) >= 11 is 0. The minimum atomic E-state index is -1.58. The predicted octanol–water partition coefficient (Wildman–Crippen LogP) is 18.2. The van der Waals surface area contributed by atoms with E-state index >= 15 is 0 Å². The standard InChI is InChI=1S/C72H135NO10/c1-3-5-7-9-11-13-15-35-39-42-46-50-54-58-65(75)64(63-82-72-71(80)70(79)69(78)66(62-74)83-72)73-67(76)59-55-51-47-43-40-36-33-31-29-27-25-23-21-19-17-16-18-20-22-24-26-28-30-32-34-37-41-45-49-53-57-61-81-68(77)60-56-52-48-44-38-14-12-10-8-6-4-2/h11,13,39,42,54,58,64-66,69-72,74-75,78-80H,3-10,12,14-38,40-41,43-53,55-57,59-63H2,1-2H3,(H,73,76)/b13-11+,42-39+,58-54+. The number of ether oxygens (including phenoxy) is 3. The molecule has 0 saturated carbocycles. The average molecular weight is 1170 g/mol. The van der Waals surface area contributed by atoms with Crippen LogP contribution in [0.5, 0.6) is 0 Å². The van der Waals surface area contributed by atoms with Crippen molar-refractivity contribution in [2.24, 2.45) is 0 Å². The maximum absolute atomic E-state index is 13.1. The van der Waals surface area contributed by atoms with Gasteiger partial charge in [0.2, 0.25) is 5.91 Å². The molecule has 1 aliphatic heterocycles. The van der Waals surface area contributed by atoms with Gasteiger partial charge in [-0.2, -0.15) is 0 Å². The molecule has 1 heterocycles. The van der Waals surface area contributed by atoms with Crippen LogP contribution in [-0.4, -0.2) is 100 Å². The number of aliphatic hydroxyl groups is 5. The van der Waals surface area contributed by atoms with E-state index in [1.807, 2.05) is 6.08 Å². The fourth-order valence-corrected chi connectivity index (χ4v) is 11.4. The number of nitrogens with one attached hydrogen (secondary N) is 1. The van der Waals surface area contributed by atoms with E-state index in [2.05, 4.69) is 43.5 Å². The van der Waals surface area contributed by atoms with E-state index in [-0.39, 0.29) is 18.5 Å². The van der Waals surface area contributed by atoms with Crippen molar-refractivity contribution in [2.45, 2.75) is 391 Å². The molecule has 0 aromatic rings. The maximum atomic E-state index is 13.1. The molecule has 488 valence electrons. The summed E-state index contributed by atoms with van der Waals surface area (Å²) in [5, 5.41) is 54.4. The van der Waals surface area contributed by atoms with Crippen LogP contribution in [0.3, 0.4) is 0 Å². The van der Waals surface area contributed by atoms with Gasteiger partial charge < -0.3 is 45.1 Å². The van der Waals surface area contributed by atoms with E-state index in [0.717, 1.165) is 64.2 Å². The molecule has 7 unspecified atom stereocenters. The fraction of sp³-hybridized carbons (Fsp3) is 0.889. The number of hydrogen-bond acceptors (Lipinski definition) is 10. The van der Waals surface area contributed by atoms with Crippen molar-refractivity contribution in [3.63, 3.8) is 0 Å². The van der Waals surface area contributed by atoms with Gasteiger partial charge in [0.1, 0.15) is 24.4 Å². The van der Waals surface area contributed by atoms with E-state index in [9.17, 15) is 35.1 Å². The largest absolute Gasteiger partial charge is 0.466 e. The summed E-state index contributed by atoms with van der Waals surface area (Å²) < 4.78 is 16.7. The Balaban J connectivity index is 1.95. The summed E-state index contributed by atoms with van der Waals surface area (Å²) in [6, 6.07) is -0.831. The molecule has 0 bridgehead atoms. The van der Waals surface area contributed by atoms with E-state index in [4.69, 9.17) is 14.2 Å². The van der Waals surface area contributed by atoms with Crippen molar-refractivity contribution in [2.75, 3.05) is 19.8 Å². The van der Waals surface area contributed by atoms with Gasteiger partial charge in [-0.1, -0.05) is 314 Å². The second-order valence-corrected chi connectivity index (χ2v) is 24.9. The Bertz CT molecular complexity index is 1470. The number of rotatable bonds is 63. The van der Waals surface area contributed by atoms with Crippen molar-refractivity contribution in [3.8, 4) is 0 Å². The Morgan fingerprint density at radius 1 is 0.434 bits per heavy atom. The van der Waals surface area contributed by atoms with Gasteiger partial charge in [0.25, 0.3) is 0 Å². The molecule has 7 atom stereocenters. The number of amides is 1. The van der Waals surface area contributed by atoms with E-state index in [1.54, 1.807) is 6.08 Å². The predicted molar refractivity (Wildman–Crippen MR) is 347 cm³/mol. The summed E-state index contributed by atoms with van der Waals surface area (Å²) in [7, 11) is 0. The third-order valence-electron chi connectivity index (χ3n) is 17.0. The van der Waals surface area contributed by atoms with E-state index in [0.29, 0.717) is 19.4 Å². The Hall–Kier alpha value is -2.12. The molecule has 1 aliphatic rings. The highest BCUT2D eigenvalue weighted by atomic mass is 16.7. The lowest BCUT2D eigenvalue weighted by molar-refractivity contribution is -0.302. The first kappa shape index (κ1) is 78.9. The lowest BCUT2D eigenvalue weighted by Crippen LogP contribution is -2.60. The van der Waals surface area contributed by atoms with Crippen molar-refractivity contribution < 1.29 is 49.3 Å². The smallest absolute Gasteiger partial charge is 0.305 e. The molecular weight excluding hydrogens is 1040 g/mol. The quantitative estimate of drug-likeness (QED) is 0.0195. The Morgan fingerprint density at radius 2 is 0.783 bits per heavy atom. The topological polar surface area (TPSA) is 175 Å². The molecular formula is C72H135NO10. The van der Waals surface area contributed by atoms with Gasteiger partial charge in [-0.3, -0.25) is 9.59 Å². The number of aliphatic hydroxyl groups excluding tert-OH is 5. The van der Waals surface area contributed by atoms with Gasteiger partial charge >= 0.3 is 5.97 Å². The van der Waals surface area contributed by atoms with Crippen molar-refractivity contribution in [1.29, 1.82) is 0 Å². The zero-order valence-electron chi connectivity index (χ0n) is 54.2. The second-order valence-electron chi connectivity index (χ2n) is 24.9. The number of carbonyl (C=O) groups excluding carboxylic acids is 2. The second kappa shape index (κ2) is 61.5. The van der Waals surface area contributed by atoms with E-state index in [1.165, 1.54) is 257 Å².